The minimum atomic E-state index is -5.02. The van der Waals surface area contributed by atoms with E-state index in [1.165, 1.54) is 12.1 Å². The molecule has 1 fully saturated rings. The van der Waals surface area contributed by atoms with Crippen molar-refractivity contribution >= 4 is 17.5 Å². The molecule has 0 bridgehead atoms. The van der Waals surface area contributed by atoms with Crippen LogP contribution < -0.4 is 0 Å². The molecule has 1 aliphatic heterocycles. The van der Waals surface area contributed by atoms with Gasteiger partial charge in [0.05, 0.1) is 12.6 Å². The molecule has 1 amide bonds. The monoisotopic (exact) mass is 531 g/mol. The highest BCUT2D eigenvalue weighted by atomic mass is 35.5. The molecular formula is C28H26ClF4N3O. The Morgan fingerprint density at radius 1 is 1.11 bits per heavy atom. The van der Waals surface area contributed by atoms with Crippen LogP contribution in [0.5, 0.6) is 0 Å². The quantitative estimate of drug-likeness (QED) is 0.371. The van der Waals surface area contributed by atoms with Gasteiger partial charge in [-0.2, -0.15) is 23.4 Å². The molecule has 9 heteroatoms. The summed E-state index contributed by atoms with van der Waals surface area (Å²) < 4.78 is 55.2. The molecule has 0 N–H and O–H groups in total. The lowest BCUT2D eigenvalue weighted by molar-refractivity contribution is -0.228. The van der Waals surface area contributed by atoms with E-state index in [4.69, 9.17) is 11.6 Å². The van der Waals surface area contributed by atoms with Crippen molar-refractivity contribution < 1.29 is 22.4 Å². The van der Waals surface area contributed by atoms with E-state index >= 15 is 0 Å². The van der Waals surface area contributed by atoms with Gasteiger partial charge in [-0.3, -0.25) is 4.79 Å². The molecule has 3 aromatic rings. The van der Waals surface area contributed by atoms with Crippen molar-refractivity contribution in [1.29, 1.82) is 0 Å². The Kier molecular flexibility index (Phi) is 6.51. The van der Waals surface area contributed by atoms with E-state index < -0.39 is 22.8 Å². The predicted molar refractivity (Wildman–Crippen MR) is 132 cm³/mol. The summed E-state index contributed by atoms with van der Waals surface area (Å²) in [5.41, 5.74) is -1.03. The van der Waals surface area contributed by atoms with Gasteiger partial charge < -0.3 is 4.90 Å². The number of amides is 1. The molecule has 3 unspecified atom stereocenters. The standard InChI is InChI=1S/C28H26ClF4N3O/c1-26(30,28(31,32)33)21-6-7-23-20(15-21)5-8-24-27(23,16-18-3-2-4-22(29)13-18)10-12-36(24)25(37)14-19-9-11-34-35-17-19/h2-4,6-7,9,11,13,15,17,24H,5,8,10,12,14,16H2,1H3. The number of aromatic nitrogens is 2. The fourth-order valence-electron chi connectivity index (χ4n) is 6.03. The van der Waals surface area contributed by atoms with Gasteiger partial charge in [0, 0.05) is 29.2 Å². The largest absolute Gasteiger partial charge is 0.426 e. The van der Waals surface area contributed by atoms with Gasteiger partial charge in [-0.05, 0) is 78.6 Å². The smallest absolute Gasteiger partial charge is 0.338 e. The van der Waals surface area contributed by atoms with Gasteiger partial charge in [0.15, 0.2) is 0 Å². The van der Waals surface area contributed by atoms with Gasteiger partial charge in [-0.15, -0.1) is 0 Å². The molecule has 1 aliphatic carbocycles. The molecule has 0 spiro atoms. The van der Waals surface area contributed by atoms with Gasteiger partial charge in [-0.25, -0.2) is 4.39 Å². The van der Waals surface area contributed by atoms with Gasteiger partial charge in [-0.1, -0.05) is 41.9 Å². The average Bonchev–Trinajstić information content (AvgIpc) is 3.23. The molecule has 0 saturated carbocycles. The van der Waals surface area contributed by atoms with E-state index in [1.54, 1.807) is 30.6 Å². The van der Waals surface area contributed by atoms with Crippen LogP contribution in [0.4, 0.5) is 17.6 Å². The van der Waals surface area contributed by atoms with Gasteiger partial charge in [0.1, 0.15) is 0 Å². The highest BCUT2D eigenvalue weighted by molar-refractivity contribution is 6.30. The normalized spacial score (nSPS) is 22.8. The molecule has 2 aliphatic rings. The van der Waals surface area contributed by atoms with Crippen molar-refractivity contribution in [3.05, 3.63) is 93.8 Å². The highest BCUT2D eigenvalue weighted by Gasteiger charge is 2.55. The average molecular weight is 532 g/mol. The Morgan fingerprint density at radius 2 is 1.92 bits per heavy atom. The third-order valence-electron chi connectivity index (χ3n) is 7.95. The summed E-state index contributed by atoms with van der Waals surface area (Å²) in [6, 6.07) is 13.4. The number of alkyl halides is 4. The summed E-state index contributed by atoms with van der Waals surface area (Å²) in [4.78, 5) is 15.3. The Labute approximate surface area is 217 Å². The Bertz CT molecular complexity index is 1310. The SMILES string of the molecule is CC(F)(c1ccc2c(c1)CCC1N(C(=O)Cc3ccnnc3)CCC21Cc1cccc(Cl)c1)C(F)(F)F. The summed E-state index contributed by atoms with van der Waals surface area (Å²) in [5, 5.41) is 8.21. The van der Waals surface area contributed by atoms with Crippen LogP contribution in [0, 0.1) is 0 Å². The van der Waals surface area contributed by atoms with Crippen LogP contribution >= 0.6 is 11.6 Å². The molecule has 2 heterocycles. The number of likely N-dealkylation sites (tertiary alicyclic amines) is 1. The molecule has 3 atom stereocenters. The van der Waals surface area contributed by atoms with E-state index in [0.717, 1.165) is 16.7 Å². The summed E-state index contributed by atoms with van der Waals surface area (Å²) in [6.07, 6.45) is 0.530. The van der Waals surface area contributed by atoms with Crippen LogP contribution in [0.15, 0.2) is 60.9 Å². The zero-order valence-corrected chi connectivity index (χ0v) is 21.0. The third kappa shape index (κ3) is 4.60. The van der Waals surface area contributed by atoms with Gasteiger partial charge >= 0.3 is 6.18 Å². The number of halogens is 5. The number of carbonyl (C=O) groups is 1. The number of hydrogen-bond donors (Lipinski definition) is 0. The number of nitrogens with zero attached hydrogens (tertiary/aromatic N) is 3. The lowest BCUT2D eigenvalue weighted by Crippen LogP contribution is -2.49. The van der Waals surface area contributed by atoms with Crippen LogP contribution in [0.2, 0.25) is 5.02 Å². The summed E-state index contributed by atoms with van der Waals surface area (Å²) >= 11 is 6.26. The van der Waals surface area contributed by atoms with E-state index in [2.05, 4.69) is 10.2 Å². The van der Waals surface area contributed by atoms with Crippen LogP contribution in [-0.4, -0.2) is 39.8 Å². The predicted octanol–water partition coefficient (Wildman–Crippen LogP) is 6.15. The topological polar surface area (TPSA) is 46.1 Å². The molecular weight excluding hydrogens is 506 g/mol. The molecule has 1 aromatic heterocycles. The number of carbonyl (C=O) groups excluding carboxylic acids is 1. The lowest BCUT2D eigenvalue weighted by Gasteiger charge is -2.44. The van der Waals surface area contributed by atoms with Crippen LogP contribution in [0.1, 0.15) is 47.6 Å². The minimum absolute atomic E-state index is 0.0283. The number of hydrogen-bond acceptors (Lipinski definition) is 3. The zero-order valence-electron chi connectivity index (χ0n) is 20.2. The summed E-state index contributed by atoms with van der Waals surface area (Å²) in [5.74, 6) is -0.0283. The van der Waals surface area contributed by atoms with Crippen LogP contribution in [0.25, 0.3) is 0 Å². The summed E-state index contributed by atoms with van der Waals surface area (Å²) in [7, 11) is 0. The van der Waals surface area contributed by atoms with Gasteiger partial charge in [0.25, 0.3) is 0 Å². The molecule has 4 nitrogen and oxygen atoms in total. The maximum atomic E-state index is 14.8. The number of benzene rings is 2. The van der Waals surface area contributed by atoms with Crippen molar-refractivity contribution in [2.45, 2.75) is 62.3 Å². The molecule has 0 radical (unpaired) electrons. The first-order valence-corrected chi connectivity index (χ1v) is 12.6. The zero-order chi connectivity index (χ0) is 26.4. The summed E-state index contributed by atoms with van der Waals surface area (Å²) in [6.45, 7) is 1.08. The molecule has 37 heavy (non-hydrogen) atoms. The van der Waals surface area contributed by atoms with E-state index in [-0.39, 0.29) is 18.4 Å². The maximum Gasteiger partial charge on any atom is 0.426 e. The number of fused-ring (bicyclic) bond motifs is 3. The third-order valence-corrected chi connectivity index (χ3v) is 8.18. The van der Waals surface area contributed by atoms with Crippen molar-refractivity contribution in [1.82, 2.24) is 15.1 Å². The van der Waals surface area contributed by atoms with Crippen molar-refractivity contribution in [3.8, 4) is 0 Å². The highest BCUT2D eigenvalue weighted by Crippen LogP contribution is 2.51. The Morgan fingerprint density at radius 3 is 2.62 bits per heavy atom. The molecule has 5 rings (SSSR count). The first kappa shape index (κ1) is 25.6. The molecule has 2 aromatic carbocycles. The first-order valence-electron chi connectivity index (χ1n) is 12.2. The minimum Gasteiger partial charge on any atom is -0.338 e. The van der Waals surface area contributed by atoms with Gasteiger partial charge in [0.2, 0.25) is 11.6 Å². The van der Waals surface area contributed by atoms with Crippen molar-refractivity contribution in [2.24, 2.45) is 0 Å². The van der Waals surface area contributed by atoms with E-state index in [9.17, 15) is 22.4 Å². The fraction of sp³-hybridized carbons (Fsp3) is 0.393. The van der Waals surface area contributed by atoms with E-state index in [1.807, 2.05) is 23.1 Å². The lowest BCUT2D eigenvalue weighted by atomic mass is 9.63. The maximum absolute atomic E-state index is 14.8. The number of aryl methyl sites for hydroxylation is 1. The van der Waals surface area contributed by atoms with Crippen molar-refractivity contribution in [3.63, 3.8) is 0 Å². The first-order chi connectivity index (χ1) is 17.5. The number of rotatable bonds is 5. The second-order valence-electron chi connectivity index (χ2n) is 10.2. The molecule has 194 valence electrons. The fourth-order valence-corrected chi connectivity index (χ4v) is 6.24. The van der Waals surface area contributed by atoms with Crippen LogP contribution in [-0.2, 0) is 35.1 Å². The Balaban J connectivity index is 1.54. The second kappa shape index (κ2) is 9.39. The molecule has 1 saturated heterocycles. The second-order valence-corrected chi connectivity index (χ2v) is 10.6. The van der Waals surface area contributed by atoms with Crippen LogP contribution in [0.3, 0.4) is 0 Å². The van der Waals surface area contributed by atoms with Crippen molar-refractivity contribution in [2.75, 3.05) is 6.54 Å². The van der Waals surface area contributed by atoms with E-state index in [0.29, 0.717) is 49.7 Å². The Hall–Kier alpha value is -3.00.